The van der Waals surface area contributed by atoms with Gasteiger partial charge in [0.2, 0.25) is 10.0 Å². The maximum absolute atomic E-state index is 12.9. The van der Waals surface area contributed by atoms with Gasteiger partial charge in [-0.05, 0) is 38.3 Å². The van der Waals surface area contributed by atoms with Crippen LogP contribution in [0.25, 0.3) is 0 Å². The number of carbonyl (C=O) groups excluding carboxylic acids is 1. The highest BCUT2D eigenvalue weighted by Gasteiger charge is 2.28. The molecule has 0 spiro atoms. The number of nitrogens with one attached hydrogen (secondary N) is 4. The van der Waals surface area contributed by atoms with Crippen molar-refractivity contribution < 1.29 is 23.1 Å². The Balaban J connectivity index is 1.55. The molecule has 1 aromatic heterocycles. The maximum atomic E-state index is 12.9. The fourth-order valence-corrected chi connectivity index (χ4v) is 5.52. The van der Waals surface area contributed by atoms with Gasteiger partial charge < -0.3 is 21.1 Å². The third-order valence-electron chi connectivity index (χ3n) is 5.36. The van der Waals surface area contributed by atoms with E-state index in [1.807, 2.05) is 6.92 Å². The number of carboxylic acid groups (broad SMARTS) is 1. The van der Waals surface area contributed by atoms with Crippen molar-refractivity contribution in [2.45, 2.75) is 44.7 Å². The summed E-state index contributed by atoms with van der Waals surface area (Å²) >= 11 is 0. The minimum atomic E-state index is -4.13. The van der Waals surface area contributed by atoms with Gasteiger partial charge in [0.1, 0.15) is 6.04 Å². The van der Waals surface area contributed by atoms with Crippen LogP contribution in [0.3, 0.4) is 0 Å². The summed E-state index contributed by atoms with van der Waals surface area (Å²) in [5.74, 6) is -1.17. The summed E-state index contributed by atoms with van der Waals surface area (Å²) in [5.41, 5.74) is 2.17. The molecule has 3 rings (SSSR count). The molecule has 1 aliphatic heterocycles. The second-order valence-corrected chi connectivity index (χ2v) is 10.0. The average molecular weight is 506 g/mol. The fourth-order valence-electron chi connectivity index (χ4n) is 3.88. The average Bonchev–Trinajstić information content (AvgIpc) is 3.45. The zero-order chi connectivity index (χ0) is 25.6. The largest absolute Gasteiger partial charge is 0.480 e. The predicted molar refractivity (Wildman–Crippen MR) is 130 cm³/mol. The van der Waals surface area contributed by atoms with Gasteiger partial charge in [0, 0.05) is 32.4 Å². The van der Waals surface area contributed by atoms with Gasteiger partial charge in [-0.25, -0.2) is 8.42 Å². The van der Waals surface area contributed by atoms with E-state index in [4.69, 9.17) is 0 Å². The lowest BCUT2D eigenvalue weighted by Crippen LogP contribution is -2.48. The molecule has 0 unspecified atom stereocenters. The normalized spacial score (nSPS) is 14.2. The molecule has 1 aromatic carbocycles. The van der Waals surface area contributed by atoms with Crippen LogP contribution < -0.4 is 20.7 Å². The van der Waals surface area contributed by atoms with Crippen LogP contribution in [0.1, 0.15) is 33.5 Å². The van der Waals surface area contributed by atoms with E-state index in [0.29, 0.717) is 24.2 Å². The molecule has 13 heteroatoms. The van der Waals surface area contributed by atoms with Crippen molar-refractivity contribution in [3.63, 3.8) is 0 Å². The first-order valence-electron chi connectivity index (χ1n) is 11.2. The van der Waals surface area contributed by atoms with Crippen LogP contribution in [0.15, 0.2) is 34.4 Å². The van der Waals surface area contributed by atoms with Gasteiger partial charge in [0.15, 0.2) is 5.96 Å². The number of carbonyl (C=O) groups is 2. The van der Waals surface area contributed by atoms with E-state index in [-0.39, 0.29) is 10.5 Å². The van der Waals surface area contributed by atoms with Crippen LogP contribution in [0.2, 0.25) is 0 Å². The minimum Gasteiger partial charge on any atom is -0.480 e. The molecule has 190 valence electrons. The van der Waals surface area contributed by atoms with Crippen molar-refractivity contribution in [1.29, 1.82) is 0 Å². The van der Waals surface area contributed by atoms with E-state index in [1.54, 1.807) is 36.9 Å². The Bertz CT molecular complexity index is 1200. The van der Waals surface area contributed by atoms with Crippen molar-refractivity contribution >= 4 is 27.9 Å². The van der Waals surface area contributed by atoms with Crippen LogP contribution in [-0.2, 0) is 21.4 Å². The predicted octanol–water partition coefficient (Wildman–Crippen LogP) is -0.0912. The van der Waals surface area contributed by atoms with Gasteiger partial charge in [-0.3, -0.25) is 19.3 Å². The standard InChI is InChI=1S/C22H31N7O5S/c1-14-9-15(2)19(16(3)10-14)35(33,34)28-18(21(31)32)12-26-20(30)17-11-27-29(13-17)8-4-5-23-22-24-6-7-25-22/h9-11,13,18,28H,4-8,12H2,1-3H3,(H,26,30)(H,31,32)(H2,23,24,25)/t18-/m0/s1. The van der Waals surface area contributed by atoms with E-state index >= 15 is 0 Å². The van der Waals surface area contributed by atoms with Gasteiger partial charge >= 0.3 is 5.97 Å². The quantitative estimate of drug-likeness (QED) is 0.264. The van der Waals surface area contributed by atoms with E-state index in [2.05, 4.69) is 30.8 Å². The molecule has 2 heterocycles. The lowest BCUT2D eigenvalue weighted by molar-refractivity contribution is -0.138. The maximum Gasteiger partial charge on any atom is 0.323 e. The van der Waals surface area contributed by atoms with Crippen molar-refractivity contribution in [2.24, 2.45) is 4.99 Å². The van der Waals surface area contributed by atoms with Crippen molar-refractivity contribution in [3.05, 3.63) is 46.8 Å². The van der Waals surface area contributed by atoms with Crippen molar-refractivity contribution in [1.82, 2.24) is 30.5 Å². The number of sulfonamides is 1. The molecule has 0 saturated carbocycles. The van der Waals surface area contributed by atoms with Gasteiger partial charge in [0.05, 0.1) is 23.2 Å². The summed E-state index contributed by atoms with van der Waals surface area (Å²) in [5, 5.41) is 22.4. The molecule has 2 aromatic rings. The topological polar surface area (TPSA) is 167 Å². The van der Waals surface area contributed by atoms with Gasteiger partial charge in [-0.15, -0.1) is 0 Å². The highest BCUT2D eigenvalue weighted by molar-refractivity contribution is 7.89. The lowest BCUT2D eigenvalue weighted by Gasteiger charge is -2.18. The summed E-state index contributed by atoms with van der Waals surface area (Å²) in [7, 11) is -4.13. The first kappa shape index (κ1) is 26.2. The Morgan fingerprint density at radius 3 is 2.57 bits per heavy atom. The number of rotatable bonds is 11. The molecule has 1 atom stereocenters. The molecule has 1 aliphatic rings. The molecule has 0 bridgehead atoms. The Hall–Kier alpha value is -3.45. The molecule has 35 heavy (non-hydrogen) atoms. The number of aliphatic carboxylic acids is 1. The van der Waals surface area contributed by atoms with Crippen LogP contribution >= 0.6 is 0 Å². The first-order valence-corrected chi connectivity index (χ1v) is 12.7. The molecule has 12 nitrogen and oxygen atoms in total. The number of nitrogens with zero attached hydrogens (tertiary/aromatic N) is 3. The molecular weight excluding hydrogens is 474 g/mol. The number of guanidine groups is 1. The number of aliphatic imine (C=N–C) groups is 1. The number of hydrogen-bond acceptors (Lipinski definition) is 8. The second kappa shape index (κ2) is 11.3. The van der Waals surface area contributed by atoms with Gasteiger partial charge in [0.25, 0.3) is 5.91 Å². The second-order valence-electron chi connectivity index (χ2n) is 8.38. The van der Waals surface area contributed by atoms with E-state index < -0.39 is 34.5 Å². The van der Waals surface area contributed by atoms with Crippen LogP contribution in [0, 0.1) is 20.8 Å². The van der Waals surface area contributed by atoms with Gasteiger partial charge in [-0.2, -0.15) is 9.82 Å². The number of aromatic nitrogens is 2. The summed E-state index contributed by atoms with van der Waals surface area (Å²) in [4.78, 5) is 28.5. The Labute approximate surface area is 204 Å². The molecule has 0 saturated heterocycles. The van der Waals surface area contributed by atoms with Gasteiger partial charge in [-0.1, -0.05) is 17.7 Å². The van der Waals surface area contributed by atoms with Crippen molar-refractivity contribution in [3.8, 4) is 0 Å². The monoisotopic (exact) mass is 505 g/mol. The summed E-state index contributed by atoms with van der Waals surface area (Å²) in [6.07, 6.45) is 3.69. The SMILES string of the molecule is Cc1cc(C)c(S(=O)(=O)N[C@@H](CNC(=O)c2cnn(CCCNC3=NCCN3)c2)C(=O)O)c(C)c1. The number of aryl methyl sites for hydroxylation is 4. The molecule has 0 aliphatic carbocycles. The lowest BCUT2D eigenvalue weighted by atomic mass is 10.1. The number of carboxylic acids is 1. The van der Waals surface area contributed by atoms with E-state index in [1.165, 1.54) is 6.20 Å². The summed E-state index contributed by atoms with van der Waals surface area (Å²) in [6, 6.07) is 1.89. The smallest absolute Gasteiger partial charge is 0.323 e. The molecule has 0 fully saturated rings. The van der Waals surface area contributed by atoms with Crippen LogP contribution in [-0.4, -0.2) is 73.4 Å². The molecule has 5 N–H and O–H groups in total. The molecular formula is C22H31N7O5S. The Morgan fingerprint density at radius 2 is 1.94 bits per heavy atom. The van der Waals surface area contributed by atoms with Crippen LogP contribution in [0.5, 0.6) is 0 Å². The van der Waals surface area contributed by atoms with Crippen molar-refractivity contribution in [2.75, 3.05) is 26.2 Å². The fraction of sp³-hybridized carbons (Fsp3) is 0.455. The minimum absolute atomic E-state index is 0.0345. The third-order valence-corrected chi connectivity index (χ3v) is 7.14. The summed E-state index contributed by atoms with van der Waals surface area (Å²) in [6.45, 7) is 7.57. The van der Waals surface area contributed by atoms with Crippen LogP contribution in [0.4, 0.5) is 0 Å². The Morgan fingerprint density at radius 1 is 1.23 bits per heavy atom. The number of amides is 1. The zero-order valence-corrected chi connectivity index (χ0v) is 20.8. The van der Waals surface area contributed by atoms with E-state index in [9.17, 15) is 23.1 Å². The number of benzene rings is 1. The molecule has 1 amide bonds. The Kier molecular flexibility index (Phi) is 8.46. The van der Waals surface area contributed by atoms with E-state index in [0.717, 1.165) is 31.0 Å². The highest BCUT2D eigenvalue weighted by atomic mass is 32.2. The summed E-state index contributed by atoms with van der Waals surface area (Å²) < 4.78 is 29.6. The highest BCUT2D eigenvalue weighted by Crippen LogP contribution is 2.21. The number of hydrogen-bond donors (Lipinski definition) is 5. The third kappa shape index (κ3) is 7.02. The zero-order valence-electron chi connectivity index (χ0n) is 20.0. The molecule has 0 radical (unpaired) electrons. The first-order chi connectivity index (χ1) is 16.6.